The lowest BCUT2D eigenvalue weighted by Crippen LogP contribution is -2.25. The summed E-state index contributed by atoms with van der Waals surface area (Å²) in [5.74, 6) is -0.184. The summed E-state index contributed by atoms with van der Waals surface area (Å²) >= 11 is 1.32. The van der Waals surface area contributed by atoms with Crippen molar-refractivity contribution in [2.45, 2.75) is 26.4 Å². The average Bonchev–Trinajstić information content (AvgIpc) is 2.84. The molecule has 2 aromatic heterocycles. The lowest BCUT2D eigenvalue weighted by atomic mass is 10.3. The molecule has 0 atom stereocenters. The van der Waals surface area contributed by atoms with E-state index >= 15 is 0 Å². The van der Waals surface area contributed by atoms with Crippen LogP contribution in [0.2, 0.25) is 0 Å². The summed E-state index contributed by atoms with van der Waals surface area (Å²) in [6, 6.07) is 2.65. The number of hydrogen-bond donors (Lipinski definition) is 1. The van der Waals surface area contributed by atoms with E-state index in [0.717, 1.165) is 11.6 Å². The van der Waals surface area contributed by atoms with E-state index < -0.39 is 11.9 Å². The second kappa shape index (κ2) is 6.43. The monoisotopic (exact) mass is 329 g/mol. The van der Waals surface area contributed by atoms with Crippen LogP contribution in [0.4, 0.5) is 13.2 Å². The van der Waals surface area contributed by atoms with E-state index in [9.17, 15) is 18.0 Å². The Bertz CT molecular complexity index is 682. The van der Waals surface area contributed by atoms with Gasteiger partial charge in [-0.15, -0.1) is 11.3 Å². The van der Waals surface area contributed by atoms with Crippen molar-refractivity contribution in [2.24, 2.45) is 0 Å². The molecule has 2 aromatic rings. The highest BCUT2D eigenvalue weighted by molar-refractivity contribution is 7.12. The molecule has 0 spiro atoms. The number of aryl methyl sites for hydroxylation is 2. The smallest absolute Gasteiger partial charge is 0.351 e. The summed E-state index contributed by atoms with van der Waals surface area (Å²) in [6.45, 7) is 3.54. The Kier molecular flexibility index (Phi) is 4.80. The first-order chi connectivity index (χ1) is 10.3. The van der Waals surface area contributed by atoms with Gasteiger partial charge in [0.15, 0.2) is 0 Å². The molecule has 0 saturated heterocycles. The zero-order valence-corrected chi connectivity index (χ0v) is 12.8. The van der Waals surface area contributed by atoms with Gasteiger partial charge in [-0.25, -0.2) is 9.97 Å². The van der Waals surface area contributed by atoms with E-state index in [0.29, 0.717) is 4.88 Å². The van der Waals surface area contributed by atoms with Crippen LogP contribution < -0.4 is 5.32 Å². The van der Waals surface area contributed by atoms with Crippen LogP contribution in [0, 0.1) is 13.8 Å². The maximum absolute atomic E-state index is 12.7. The molecule has 0 aliphatic heterocycles. The molecule has 2 rings (SSSR count). The fraction of sp³-hybridized carbons (Fsp3) is 0.357. The van der Waals surface area contributed by atoms with Gasteiger partial charge in [0, 0.05) is 18.7 Å². The molecule has 0 aliphatic carbocycles. The zero-order valence-electron chi connectivity index (χ0n) is 12.0. The molecule has 0 bridgehead atoms. The summed E-state index contributed by atoms with van der Waals surface area (Å²) in [6.07, 6.45) is -4.36. The number of amides is 1. The predicted molar refractivity (Wildman–Crippen MR) is 76.9 cm³/mol. The molecule has 2 heterocycles. The Balaban J connectivity index is 1.97. The number of hydrogen-bond acceptors (Lipinski definition) is 4. The van der Waals surface area contributed by atoms with Gasteiger partial charge in [0.25, 0.3) is 5.91 Å². The van der Waals surface area contributed by atoms with Crippen LogP contribution in [0.25, 0.3) is 0 Å². The topological polar surface area (TPSA) is 54.9 Å². The van der Waals surface area contributed by atoms with Gasteiger partial charge in [0.2, 0.25) is 0 Å². The average molecular weight is 329 g/mol. The van der Waals surface area contributed by atoms with Crippen molar-refractivity contribution in [1.82, 2.24) is 15.3 Å². The molecule has 1 amide bonds. The third kappa shape index (κ3) is 4.27. The number of aromatic nitrogens is 2. The second-order valence-corrected chi connectivity index (χ2v) is 5.71. The van der Waals surface area contributed by atoms with Crippen LogP contribution in [-0.2, 0) is 12.6 Å². The van der Waals surface area contributed by atoms with Gasteiger partial charge >= 0.3 is 6.18 Å². The number of nitrogens with one attached hydrogen (secondary N) is 1. The molecule has 0 unspecified atom stereocenters. The lowest BCUT2D eigenvalue weighted by molar-refractivity contribution is -0.141. The summed E-state index contributed by atoms with van der Waals surface area (Å²) in [4.78, 5) is 19.8. The third-order valence-corrected chi connectivity index (χ3v) is 3.83. The molecule has 1 N–H and O–H groups in total. The van der Waals surface area contributed by atoms with Crippen molar-refractivity contribution in [3.05, 3.63) is 45.2 Å². The number of halogens is 3. The maximum atomic E-state index is 12.7. The van der Waals surface area contributed by atoms with Gasteiger partial charge in [-0.1, -0.05) is 0 Å². The normalized spacial score (nSPS) is 11.5. The quantitative estimate of drug-likeness (QED) is 0.937. The van der Waals surface area contributed by atoms with Crippen molar-refractivity contribution < 1.29 is 18.0 Å². The highest BCUT2D eigenvalue weighted by Crippen LogP contribution is 2.27. The van der Waals surface area contributed by atoms with Crippen molar-refractivity contribution in [3.63, 3.8) is 0 Å². The lowest BCUT2D eigenvalue weighted by Gasteiger charge is -2.09. The minimum absolute atomic E-state index is 0.0648. The molecule has 0 aliphatic rings. The van der Waals surface area contributed by atoms with E-state index in [2.05, 4.69) is 15.3 Å². The number of nitrogens with zero attached hydrogens (tertiary/aromatic N) is 2. The van der Waals surface area contributed by atoms with Crippen LogP contribution in [0.3, 0.4) is 0 Å². The minimum Gasteiger partial charge on any atom is -0.351 e. The number of carbonyl (C=O) groups excluding carboxylic acids is 1. The fourth-order valence-electron chi connectivity index (χ4n) is 1.81. The minimum atomic E-state index is -4.50. The van der Waals surface area contributed by atoms with Gasteiger partial charge in [0.05, 0.1) is 4.88 Å². The van der Waals surface area contributed by atoms with E-state index in [1.807, 2.05) is 12.3 Å². The maximum Gasteiger partial charge on any atom is 0.433 e. The highest BCUT2D eigenvalue weighted by atomic mass is 32.1. The first-order valence-electron chi connectivity index (χ1n) is 6.51. The number of alkyl halides is 3. The molecule has 0 fully saturated rings. The number of rotatable bonds is 4. The fourth-order valence-corrected chi connectivity index (χ4v) is 2.63. The first kappa shape index (κ1) is 16.4. The molecular formula is C14H14F3N3OS. The van der Waals surface area contributed by atoms with Crippen LogP contribution in [0.1, 0.15) is 32.4 Å². The molecule has 22 heavy (non-hydrogen) atoms. The number of thiophene rings is 1. The number of carbonyl (C=O) groups is 1. The molecule has 4 nitrogen and oxygen atoms in total. The van der Waals surface area contributed by atoms with E-state index in [-0.39, 0.29) is 30.4 Å². The van der Waals surface area contributed by atoms with Crippen molar-refractivity contribution >= 4 is 17.2 Å². The third-order valence-electron chi connectivity index (χ3n) is 2.78. The molecule has 8 heteroatoms. The first-order valence-corrected chi connectivity index (χ1v) is 7.39. The molecule has 0 saturated carbocycles. The molecular weight excluding hydrogens is 315 g/mol. The van der Waals surface area contributed by atoms with Crippen LogP contribution in [-0.4, -0.2) is 22.4 Å². The largest absolute Gasteiger partial charge is 0.433 e. The van der Waals surface area contributed by atoms with E-state index in [1.165, 1.54) is 18.3 Å². The van der Waals surface area contributed by atoms with Gasteiger partial charge in [-0.3, -0.25) is 4.79 Å². The summed E-state index contributed by atoms with van der Waals surface area (Å²) in [5, 5.41) is 4.50. The van der Waals surface area contributed by atoms with Crippen molar-refractivity contribution in [1.29, 1.82) is 0 Å². The van der Waals surface area contributed by atoms with E-state index in [4.69, 9.17) is 0 Å². The van der Waals surface area contributed by atoms with Crippen LogP contribution in [0.15, 0.2) is 17.5 Å². The van der Waals surface area contributed by atoms with Gasteiger partial charge in [0.1, 0.15) is 11.5 Å². The Morgan fingerprint density at radius 1 is 1.27 bits per heavy atom. The Morgan fingerprint density at radius 3 is 2.59 bits per heavy atom. The summed E-state index contributed by atoms with van der Waals surface area (Å²) < 4.78 is 38.0. The summed E-state index contributed by atoms with van der Waals surface area (Å²) in [7, 11) is 0. The van der Waals surface area contributed by atoms with Crippen molar-refractivity contribution in [3.8, 4) is 0 Å². The summed E-state index contributed by atoms with van der Waals surface area (Å²) in [5.41, 5.74) is 0.278. The van der Waals surface area contributed by atoms with Crippen molar-refractivity contribution in [2.75, 3.05) is 6.54 Å². The SMILES string of the molecule is Cc1csc(C(=O)NCCc2nc(C)cc(C(F)(F)F)n2)c1. The van der Waals surface area contributed by atoms with Crippen LogP contribution >= 0.6 is 11.3 Å². The van der Waals surface area contributed by atoms with E-state index in [1.54, 1.807) is 6.07 Å². The van der Waals surface area contributed by atoms with Crippen LogP contribution in [0.5, 0.6) is 0 Å². The second-order valence-electron chi connectivity index (χ2n) is 4.80. The Morgan fingerprint density at radius 2 is 2.00 bits per heavy atom. The van der Waals surface area contributed by atoms with Gasteiger partial charge < -0.3 is 5.32 Å². The zero-order chi connectivity index (χ0) is 16.3. The standard InChI is InChI=1S/C14H14F3N3OS/c1-8-5-10(22-7-8)13(21)18-4-3-12-19-9(2)6-11(20-12)14(15,16)17/h5-7H,3-4H2,1-2H3,(H,18,21). The molecule has 0 radical (unpaired) electrons. The Labute approximate surface area is 129 Å². The Hall–Kier alpha value is -1.96. The van der Waals surface area contributed by atoms with Gasteiger partial charge in [-0.05, 0) is 36.9 Å². The predicted octanol–water partition coefficient (Wildman–Crippen LogP) is 3.15. The highest BCUT2D eigenvalue weighted by Gasteiger charge is 2.33. The molecule has 0 aromatic carbocycles. The van der Waals surface area contributed by atoms with Gasteiger partial charge in [-0.2, -0.15) is 13.2 Å². The molecule has 118 valence electrons.